The van der Waals surface area contributed by atoms with Gasteiger partial charge < -0.3 is 10.2 Å². The van der Waals surface area contributed by atoms with Gasteiger partial charge in [-0.2, -0.15) is 0 Å². The van der Waals surface area contributed by atoms with Gasteiger partial charge in [0.05, 0.1) is 5.92 Å². The molecule has 18 heavy (non-hydrogen) atoms. The molecule has 2 aliphatic heterocycles. The van der Waals surface area contributed by atoms with Crippen LogP contribution in [-0.4, -0.2) is 36.5 Å². The molecular weight excluding hydrogens is 224 g/mol. The van der Waals surface area contributed by atoms with Crippen molar-refractivity contribution in [3.8, 4) is 0 Å². The second-order valence-electron chi connectivity index (χ2n) is 6.14. The van der Waals surface area contributed by atoms with Gasteiger partial charge in [0, 0.05) is 25.7 Å². The van der Waals surface area contributed by atoms with Crippen LogP contribution in [0.3, 0.4) is 0 Å². The third kappa shape index (κ3) is 3.47. The zero-order valence-electron chi connectivity index (χ0n) is 12.0. The first-order chi connectivity index (χ1) is 8.70. The lowest BCUT2D eigenvalue weighted by molar-refractivity contribution is -0.137. The quantitative estimate of drug-likeness (QED) is 0.836. The molecule has 2 unspecified atom stereocenters. The van der Waals surface area contributed by atoms with Gasteiger partial charge in [-0.3, -0.25) is 4.79 Å². The molecule has 3 heteroatoms. The molecule has 3 nitrogen and oxygen atoms in total. The lowest BCUT2D eigenvalue weighted by atomic mass is 9.90. The van der Waals surface area contributed by atoms with Crippen LogP contribution in [0.25, 0.3) is 0 Å². The fraction of sp³-hybridized carbons (Fsp3) is 0.933. The number of hydrogen-bond acceptors (Lipinski definition) is 2. The molecule has 2 rings (SSSR count). The topological polar surface area (TPSA) is 32.3 Å². The standard InChI is InChI=1S/C15H28N2O/c1-3-4-13-7-9-17(10-8-13)15(18)14-6-5-12(2)16-11-14/h12-14,16H,3-11H2,1-2H3. The van der Waals surface area contributed by atoms with Crippen LogP contribution in [0.4, 0.5) is 0 Å². The lowest BCUT2D eigenvalue weighted by Gasteiger charge is -2.36. The zero-order chi connectivity index (χ0) is 13.0. The average molecular weight is 252 g/mol. The summed E-state index contributed by atoms with van der Waals surface area (Å²) in [5, 5.41) is 3.43. The van der Waals surface area contributed by atoms with Crippen LogP contribution in [0, 0.1) is 11.8 Å². The number of amides is 1. The molecule has 0 radical (unpaired) electrons. The van der Waals surface area contributed by atoms with Gasteiger partial charge in [-0.25, -0.2) is 0 Å². The second kappa shape index (κ2) is 6.55. The van der Waals surface area contributed by atoms with Gasteiger partial charge in [0.2, 0.25) is 5.91 Å². The van der Waals surface area contributed by atoms with E-state index in [0.717, 1.165) is 38.4 Å². The Labute approximate surface area is 111 Å². The maximum Gasteiger partial charge on any atom is 0.226 e. The largest absolute Gasteiger partial charge is 0.342 e. The third-order valence-corrected chi connectivity index (χ3v) is 4.63. The Balaban J connectivity index is 1.77. The Morgan fingerprint density at radius 2 is 1.94 bits per heavy atom. The van der Waals surface area contributed by atoms with Crippen LogP contribution in [0.1, 0.15) is 52.4 Å². The van der Waals surface area contributed by atoms with Crippen LogP contribution in [0.2, 0.25) is 0 Å². The number of nitrogens with zero attached hydrogens (tertiary/aromatic N) is 1. The molecule has 2 fully saturated rings. The average Bonchev–Trinajstić information content (AvgIpc) is 2.40. The summed E-state index contributed by atoms with van der Waals surface area (Å²) >= 11 is 0. The number of carbonyl (C=O) groups is 1. The molecule has 0 aromatic rings. The van der Waals surface area contributed by atoms with Gasteiger partial charge in [-0.1, -0.05) is 19.8 Å². The molecule has 1 amide bonds. The normalized spacial score (nSPS) is 30.4. The molecule has 2 atom stereocenters. The maximum atomic E-state index is 12.4. The Kier molecular flexibility index (Phi) is 5.04. The van der Waals surface area contributed by atoms with Crippen molar-refractivity contribution in [2.24, 2.45) is 11.8 Å². The maximum absolute atomic E-state index is 12.4. The van der Waals surface area contributed by atoms with E-state index in [4.69, 9.17) is 0 Å². The highest BCUT2D eigenvalue weighted by Crippen LogP contribution is 2.24. The Hall–Kier alpha value is -0.570. The minimum Gasteiger partial charge on any atom is -0.342 e. The summed E-state index contributed by atoms with van der Waals surface area (Å²) in [6.45, 7) is 7.34. The van der Waals surface area contributed by atoms with E-state index in [-0.39, 0.29) is 5.92 Å². The molecule has 0 spiro atoms. The van der Waals surface area contributed by atoms with E-state index in [1.165, 1.54) is 25.7 Å². The van der Waals surface area contributed by atoms with E-state index >= 15 is 0 Å². The molecule has 2 saturated heterocycles. The molecule has 0 aromatic heterocycles. The van der Waals surface area contributed by atoms with Gasteiger partial charge in [-0.05, 0) is 38.5 Å². The van der Waals surface area contributed by atoms with E-state index in [0.29, 0.717) is 11.9 Å². The minimum absolute atomic E-state index is 0.240. The molecule has 0 aliphatic carbocycles. The van der Waals surface area contributed by atoms with Gasteiger partial charge in [0.25, 0.3) is 0 Å². The van der Waals surface area contributed by atoms with E-state index in [9.17, 15) is 4.79 Å². The van der Waals surface area contributed by atoms with E-state index < -0.39 is 0 Å². The molecule has 2 aliphatic rings. The number of nitrogens with one attached hydrogen (secondary N) is 1. The highest BCUT2D eigenvalue weighted by Gasteiger charge is 2.30. The first-order valence-corrected chi connectivity index (χ1v) is 7.73. The molecule has 0 saturated carbocycles. The molecule has 0 bridgehead atoms. The fourth-order valence-electron chi connectivity index (χ4n) is 3.32. The number of hydrogen-bond donors (Lipinski definition) is 1. The summed E-state index contributed by atoms with van der Waals surface area (Å²) < 4.78 is 0. The van der Waals surface area contributed by atoms with Gasteiger partial charge >= 0.3 is 0 Å². The molecule has 2 heterocycles. The Morgan fingerprint density at radius 1 is 1.22 bits per heavy atom. The van der Waals surface area contributed by atoms with Gasteiger partial charge in [0.15, 0.2) is 0 Å². The van der Waals surface area contributed by atoms with E-state index in [1.807, 2.05) is 0 Å². The van der Waals surface area contributed by atoms with Crippen molar-refractivity contribution in [2.75, 3.05) is 19.6 Å². The van der Waals surface area contributed by atoms with Gasteiger partial charge in [0.1, 0.15) is 0 Å². The van der Waals surface area contributed by atoms with E-state index in [1.54, 1.807) is 0 Å². The van der Waals surface area contributed by atoms with Crippen LogP contribution in [0.15, 0.2) is 0 Å². The summed E-state index contributed by atoms with van der Waals surface area (Å²) in [7, 11) is 0. The van der Waals surface area contributed by atoms with Crippen LogP contribution < -0.4 is 5.32 Å². The van der Waals surface area contributed by atoms with Crippen molar-refractivity contribution < 1.29 is 4.79 Å². The summed E-state index contributed by atoms with van der Waals surface area (Å²) in [5.74, 6) is 1.51. The first-order valence-electron chi connectivity index (χ1n) is 7.73. The smallest absolute Gasteiger partial charge is 0.226 e. The summed E-state index contributed by atoms with van der Waals surface area (Å²) in [5.41, 5.74) is 0. The molecule has 1 N–H and O–H groups in total. The second-order valence-corrected chi connectivity index (χ2v) is 6.14. The van der Waals surface area contributed by atoms with Crippen molar-refractivity contribution in [2.45, 2.75) is 58.4 Å². The highest BCUT2D eigenvalue weighted by atomic mass is 16.2. The van der Waals surface area contributed by atoms with Crippen molar-refractivity contribution in [1.29, 1.82) is 0 Å². The van der Waals surface area contributed by atoms with Crippen molar-refractivity contribution in [3.05, 3.63) is 0 Å². The lowest BCUT2D eigenvalue weighted by Crippen LogP contribution is -2.47. The molecular formula is C15H28N2O. The number of piperidine rings is 2. The fourth-order valence-corrected chi connectivity index (χ4v) is 3.32. The summed E-state index contributed by atoms with van der Waals surface area (Å²) in [4.78, 5) is 14.5. The predicted molar refractivity (Wildman–Crippen MR) is 74.4 cm³/mol. The SMILES string of the molecule is CCCC1CCN(C(=O)C2CCC(C)NC2)CC1. The monoisotopic (exact) mass is 252 g/mol. The highest BCUT2D eigenvalue weighted by molar-refractivity contribution is 5.79. The predicted octanol–water partition coefficient (Wildman–Crippen LogP) is 2.41. The summed E-state index contributed by atoms with van der Waals surface area (Å²) in [6, 6.07) is 0.587. The van der Waals surface area contributed by atoms with Crippen molar-refractivity contribution in [1.82, 2.24) is 10.2 Å². The minimum atomic E-state index is 0.240. The van der Waals surface area contributed by atoms with Crippen LogP contribution >= 0.6 is 0 Å². The summed E-state index contributed by atoms with van der Waals surface area (Å²) in [6.07, 6.45) is 7.27. The van der Waals surface area contributed by atoms with E-state index in [2.05, 4.69) is 24.1 Å². The van der Waals surface area contributed by atoms with Crippen molar-refractivity contribution >= 4 is 5.91 Å². The number of likely N-dealkylation sites (tertiary alicyclic amines) is 1. The van der Waals surface area contributed by atoms with Crippen molar-refractivity contribution in [3.63, 3.8) is 0 Å². The number of rotatable bonds is 3. The third-order valence-electron chi connectivity index (χ3n) is 4.63. The zero-order valence-corrected chi connectivity index (χ0v) is 12.0. The molecule has 0 aromatic carbocycles. The Bertz CT molecular complexity index is 264. The first kappa shape index (κ1) is 13.9. The Morgan fingerprint density at radius 3 is 2.50 bits per heavy atom. The van der Waals surface area contributed by atoms with Crippen LogP contribution in [0.5, 0.6) is 0 Å². The van der Waals surface area contributed by atoms with Gasteiger partial charge in [-0.15, -0.1) is 0 Å². The van der Waals surface area contributed by atoms with Crippen LogP contribution in [-0.2, 0) is 4.79 Å². The molecule has 104 valence electrons. The number of carbonyl (C=O) groups excluding carboxylic acids is 1.